The van der Waals surface area contributed by atoms with Crippen molar-refractivity contribution >= 4 is 41.0 Å². The molecule has 1 N–H and O–H groups in total. The molecule has 0 saturated carbocycles. The molecule has 0 radical (unpaired) electrons. The third kappa shape index (κ3) is 7.84. The highest BCUT2D eigenvalue weighted by molar-refractivity contribution is 6.42. The molecule has 1 fully saturated rings. The predicted octanol–water partition coefficient (Wildman–Crippen LogP) is 5.20. The number of methoxy groups -OCH3 is 1. The van der Waals surface area contributed by atoms with Crippen LogP contribution in [-0.4, -0.2) is 59.5 Å². The van der Waals surface area contributed by atoms with Gasteiger partial charge in [0.05, 0.1) is 30.1 Å². The number of aliphatic carboxylic acids is 1. The highest BCUT2D eigenvalue weighted by atomic mass is 35.5. The lowest BCUT2D eigenvalue weighted by molar-refractivity contribution is -0.140. The fraction of sp³-hybridized carbons (Fsp3) is 0.444. The number of ether oxygens (including phenoxy) is 2. The van der Waals surface area contributed by atoms with Crippen LogP contribution in [0.2, 0.25) is 10.0 Å². The average molecular weight is 551 g/mol. The molecule has 0 aliphatic carbocycles. The van der Waals surface area contributed by atoms with Crippen molar-refractivity contribution in [1.29, 1.82) is 0 Å². The number of nitrogens with zero attached hydrogens (tertiary/aromatic N) is 2. The number of carboxylic acid groups (broad SMARTS) is 1. The summed E-state index contributed by atoms with van der Waals surface area (Å²) in [7, 11) is 1.54. The van der Waals surface area contributed by atoms with Crippen LogP contribution < -0.4 is 9.47 Å². The monoisotopic (exact) mass is 550 g/mol. The van der Waals surface area contributed by atoms with Gasteiger partial charge in [-0.3, -0.25) is 24.2 Å². The molecule has 200 valence electrons. The van der Waals surface area contributed by atoms with E-state index in [0.29, 0.717) is 34.6 Å². The molecule has 0 bridgehead atoms. The SMILES string of the molecule is COc1cc(CN(CC(C)C)C(CC(=O)O)c2ccc(Cl)c(Cl)c2)ccc1OCCN1C(=O)CCC1=O. The van der Waals surface area contributed by atoms with Crippen molar-refractivity contribution in [3.05, 3.63) is 57.6 Å². The summed E-state index contributed by atoms with van der Waals surface area (Å²) < 4.78 is 11.4. The molecule has 2 amide bonds. The van der Waals surface area contributed by atoms with Gasteiger partial charge in [-0.15, -0.1) is 0 Å². The Morgan fingerprint density at radius 3 is 2.35 bits per heavy atom. The molecule has 10 heteroatoms. The van der Waals surface area contributed by atoms with Gasteiger partial charge in [-0.2, -0.15) is 0 Å². The van der Waals surface area contributed by atoms with E-state index in [1.54, 1.807) is 18.2 Å². The minimum Gasteiger partial charge on any atom is -0.493 e. The topological polar surface area (TPSA) is 96.4 Å². The van der Waals surface area contributed by atoms with E-state index in [4.69, 9.17) is 32.7 Å². The maximum atomic E-state index is 11.8. The Bertz CT molecular complexity index is 1120. The zero-order valence-electron chi connectivity index (χ0n) is 21.2. The number of rotatable bonds is 13. The molecule has 1 aliphatic rings. The molecule has 2 aromatic carbocycles. The van der Waals surface area contributed by atoms with E-state index in [9.17, 15) is 19.5 Å². The first-order chi connectivity index (χ1) is 17.6. The molecule has 2 aromatic rings. The lowest BCUT2D eigenvalue weighted by atomic mass is 9.99. The van der Waals surface area contributed by atoms with E-state index in [1.165, 1.54) is 12.0 Å². The van der Waals surface area contributed by atoms with Gasteiger partial charge in [0.2, 0.25) is 11.8 Å². The first-order valence-corrected chi connectivity index (χ1v) is 12.9. The van der Waals surface area contributed by atoms with Gasteiger partial charge in [-0.1, -0.05) is 49.2 Å². The maximum Gasteiger partial charge on any atom is 0.305 e. The van der Waals surface area contributed by atoms with Gasteiger partial charge in [0.15, 0.2) is 11.5 Å². The van der Waals surface area contributed by atoms with Crippen LogP contribution >= 0.6 is 23.2 Å². The third-order valence-corrected chi connectivity index (χ3v) is 6.82. The number of carboxylic acids is 1. The molecule has 1 heterocycles. The highest BCUT2D eigenvalue weighted by Gasteiger charge is 2.29. The average Bonchev–Trinajstić information content (AvgIpc) is 3.16. The lowest BCUT2D eigenvalue weighted by Crippen LogP contribution is -2.33. The number of likely N-dealkylation sites (tertiary alicyclic amines) is 1. The normalized spacial score (nSPS) is 14.5. The number of amides is 2. The van der Waals surface area contributed by atoms with Crippen LogP contribution in [0.4, 0.5) is 0 Å². The fourth-order valence-corrected chi connectivity index (χ4v) is 4.70. The molecule has 8 nitrogen and oxygen atoms in total. The van der Waals surface area contributed by atoms with E-state index in [-0.39, 0.29) is 50.1 Å². The lowest BCUT2D eigenvalue weighted by Gasteiger charge is -2.33. The standard InChI is InChI=1S/C27H32Cl2N2O6/c1-17(2)15-30(22(14-27(34)35)19-5-6-20(28)21(29)13-19)16-18-4-7-23(24(12-18)36-3)37-11-10-31-25(32)8-9-26(31)33/h4-7,12-13,17,22H,8-11,14-16H2,1-3H3,(H,34,35). The Kier molecular flexibility index (Phi) is 10.2. The highest BCUT2D eigenvalue weighted by Crippen LogP contribution is 2.34. The van der Waals surface area contributed by atoms with Gasteiger partial charge < -0.3 is 14.6 Å². The third-order valence-electron chi connectivity index (χ3n) is 6.08. The minimum absolute atomic E-state index is 0.100. The van der Waals surface area contributed by atoms with E-state index in [0.717, 1.165) is 11.1 Å². The number of hydrogen-bond donors (Lipinski definition) is 1. The Morgan fingerprint density at radius 1 is 1.05 bits per heavy atom. The molecule has 1 unspecified atom stereocenters. The van der Waals surface area contributed by atoms with E-state index in [1.807, 2.05) is 18.2 Å². The second-order valence-corrected chi connectivity index (χ2v) is 10.2. The molecule has 1 atom stereocenters. The van der Waals surface area contributed by atoms with Crippen molar-refractivity contribution in [1.82, 2.24) is 9.80 Å². The first kappa shape index (κ1) is 28.8. The second kappa shape index (κ2) is 13.1. The predicted molar refractivity (Wildman–Crippen MR) is 141 cm³/mol. The van der Waals surface area contributed by atoms with Crippen LogP contribution in [0.15, 0.2) is 36.4 Å². The maximum absolute atomic E-state index is 11.8. The number of carbonyl (C=O) groups excluding carboxylic acids is 2. The van der Waals surface area contributed by atoms with Gasteiger partial charge in [-0.25, -0.2) is 0 Å². The van der Waals surface area contributed by atoms with Crippen molar-refractivity contribution in [2.45, 2.75) is 45.7 Å². The van der Waals surface area contributed by atoms with Gasteiger partial charge in [0.1, 0.15) is 6.61 Å². The van der Waals surface area contributed by atoms with Gasteiger partial charge in [0, 0.05) is 32.0 Å². The Hall–Kier alpha value is -2.81. The van der Waals surface area contributed by atoms with Gasteiger partial charge >= 0.3 is 5.97 Å². The summed E-state index contributed by atoms with van der Waals surface area (Å²) in [5, 5.41) is 10.4. The van der Waals surface area contributed by atoms with Crippen molar-refractivity contribution in [3.8, 4) is 11.5 Å². The first-order valence-electron chi connectivity index (χ1n) is 12.1. The van der Waals surface area contributed by atoms with E-state index < -0.39 is 12.0 Å². The molecule has 37 heavy (non-hydrogen) atoms. The molecule has 1 saturated heterocycles. The Morgan fingerprint density at radius 2 is 1.76 bits per heavy atom. The Balaban J connectivity index is 1.79. The number of halogens is 2. The second-order valence-electron chi connectivity index (χ2n) is 9.38. The quantitative estimate of drug-likeness (QED) is 0.342. The van der Waals surface area contributed by atoms with E-state index in [2.05, 4.69) is 18.7 Å². The van der Waals surface area contributed by atoms with Gasteiger partial charge in [0.25, 0.3) is 0 Å². The zero-order chi connectivity index (χ0) is 27.1. The van der Waals surface area contributed by atoms with Crippen molar-refractivity contribution in [3.63, 3.8) is 0 Å². The van der Waals surface area contributed by atoms with Crippen molar-refractivity contribution in [2.24, 2.45) is 5.92 Å². The zero-order valence-corrected chi connectivity index (χ0v) is 22.7. The Labute approximate surface area is 227 Å². The summed E-state index contributed by atoms with van der Waals surface area (Å²) in [5.41, 5.74) is 1.68. The summed E-state index contributed by atoms with van der Waals surface area (Å²) in [6.45, 7) is 5.61. The smallest absolute Gasteiger partial charge is 0.305 e. The number of hydrogen-bond acceptors (Lipinski definition) is 6. The van der Waals surface area contributed by atoms with Crippen LogP contribution in [-0.2, 0) is 20.9 Å². The van der Waals surface area contributed by atoms with Crippen molar-refractivity contribution < 1.29 is 29.0 Å². The molecule has 1 aliphatic heterocycles. The van der Waals surface area contributed by atoms with Crippen LogP contribution in [0.25, 0.3) is 0 Å². The van der Waals surface area contributed by atoms with Crippen LogP contribution in [0, 0.1) is 5.92 Å². The number of imide groups is 1. The number of benzene rings is 2. The van der Waals surface area contributed by atoms with Crippen LogP contribution in [0.5, 0.6) is 11.5 Å². The fourth-order valence-electron chi connectivity index (χ4n) is 4.40. The van der Waals surface area contributed by atoms with E-state index >= 15 is 0 Å². The molecular formula is C27H32Cl2N2O6. The van der Waals surface area contributed by atoms with Crippen molar-refractivity contribution in [2.75, 3.05) is 26.8 Å². The summed E-state index contributed by atoms with van der Waals surface area (Å²) in [6, 6.07) is 10.3. The molecule has 3 rings (SSSR count). The van der Waals surface area contributed by atoms with Crippen LogP contribution in [0.1, 0.15) is 50.3 Å². The summed E-state index contributed by atoms with van der Waals surface area (Å²) in [4.78, 5) is 38.7. The molecule has 0 spiro atoms. The summed E-state index contributed by atoms with van der Waals surface area (Å²) in [5.74, 6) is -0.00323. The summed E-state index contributed by atoms with van der Waals surface area (Å²) in [6.07, 6.45) is 0.389. The molecule has 0 aromatic heterocycles. The largest absolute Gasteiger partial charge is 0.493 e. The molecular weight excluding hydrogens is 519 g/mol. The number of carbonyl (C=O) groups is 3. The minimum atomic E-state index is -0.916. The van der Waals surface area contributed by atoms with Gasteiger partial charge in [-0.05, 0) is 41.3 Å². The summed E-state index contributed by atoms with van der Waals surface area (Å²) >= 11 is 12.3. The van der Waals surface area contributed by atoms with Crippen LogP contribution in [0.3, 0.4) is 0 Å².